The van der Waals surface area contributed by atoms with Crippen molar-refractivity contribution in [1.29, 1.82) is 0 Å². The summed E-state index contributed by atoms with van der Waals surface area (Å²) in [4.78, 5) is 24.3. The SMILES string of the molecule is O=C(C=Cc1cccc(Cl)c1)c1ccc(OC(=O)c2ccc(Cl)cc2)cc1. The zero-order valence-electron chi connectivity index (χ0n) is 14.1. The van der Waals surface area contributed by atoms with Crippen molar-refractivity contribution in [3.8, 4) is 5.75 Å². The number of carbonyl (C=O) groups is 2. The fourth-order valence-corrected chi connectivity index (χ4v) is 2.64. The van der Waals surface area contributed by atoms with Gasteiger partial charge in [0.15, 0.2) is 5.78 Å². The molecule has 0 aromatic heterocycles. The van der Waals surface area contributed by atoms with Crippen molar-refractivity contribution in [2.75, 3.05) is 0 Å². The molecular formula is C22H14Cl2O3. The summed E-state index contributed by atoms with van der Waals surface area (Å²) in [5.74, 6) is -0.303. The molecule has 0 fully saturated rings. The fourth-order valence-electron chi connectivity index (χ4n) is 2.32. The summed E-state index contributed by atoms with van der Waals surface area (Å²) in [7, 11) is 0. The monoisotopic (exact) mass is 396 g/mol. The Morgan fingerprint density at radius 2 is 1.44 bits per heavy atom. The average molecular weight is 397 g/mol. The van der Waals surface area contributed by atoms with E-state index in [1.165, 1.54) is 6.08 Å². The van der Waals surface area contributed by atoms with Crippen LogP contribution in [0, 0.1) is 0 Å². The van der Waals surface area contributed by atoms with E-state index < -0.39 is 5.97 Å². The molecule has 0 saturated heterocycles. The van der Waals surface area contributed by atoms with Gasteiger partial charge in [-0.1, -0.05) is 41.4 Å². The Bertz CT molecular complexity index is 991. The first kappa shape index (κ1) is 18.9. The fraction of sp³-hybridized carbons (Fsp3) is 0. The number of carbonyl (C=O) groups excluding carboxylic acids is 2. The Morgan fingerprint density at radius 3 is 2.11 bits per heavy atom. The Hall–Kier alpha value is -2.88. The molecule has 0 radical (unpaired) electrons. The molecule has 0 atom stereocenters. The van der Waals surface area contributed by atoms with E-state index in [1.54, 1.807) is 66.7 Å². The highest BCUT2D eigenvalue weighted by Gasteiger charge is 2.09. The summed E-state index contributed by atoms with van der Waals surface area (Å²) >= 11 is 11.7. The third kappa shape index (κ3) is 5.30. The highest BCUT2D eigenvalue weighted by Crippen LogP contribution is 2.17. The smallest absolute Gasteiger partial charge is 0.343 e. The molecule has 0 bridgehead atoms. The minimum atomic E-state index is -0.494. The van der Waals surface area contributed by atoms with Gasteiger partial charge in [-0.05, 0) is 72.3 Å². The lowest BCUT2D eigenvalue weighted by Gasteiger charge is -2.05. The van der Waals surface area contributed by atoms with Gasteiger partial charge in [-0.2, -0.15) is 0 Å². The van der Waals surface area contributed by atoms with Crippen LogP contribution < -0.4 is 4.74 Å². The van der Waals surface area contributed by atoms with E-state index in [0.29, 0.717) is 26.9 Å². The number of hydrogen-bond donors (Lipinski definition) is 0. The molecular weight excluding hydrogens is 383 g/mol. The molecule has 5 heteroatoms. The Kier molecular flexibility index (Phi) is 6.07. The van der Waals surface area contributed by atoms with Crippen LogP contribution in [0.1, 0.15) is 26.3 Å². The van der Waals surface area contributed by atoms with Gasteiger partial charge in [-0.3, -0.25) is 4.79 Å². The van der Waals surface area contributed by atoms with Crippen LogP contribution in [0.25, 0.3) is 6.08 Å². The van der Waals surface area contributed by atoms with E-state index in [4.69, 9.17) is 27.9 Å². The maximum absolute atomic E-state index is 12.2. The van der Waals surface area contributed by atoms with Gasteiger partial charge < -0.3 is 4.74 Å². The van der Waals surface area contributed by atoms with E-state index >= 15 is 0 Å². The van der Waals surface area contributed by atoms with Crippen molar-refractivity contribution in [1.82, 2.24) is 0 Å². The van der Waals surface area contributed by atoms with Crippen molar-refractivity contribution in [2.24, 2.45) is 0 Å². The second-order valence-corrected chi connectivity index (χ2v) is 6.55. The van der Waals surface area contributed by atoms with E-state index in [0.717, 1.165) is 5.56 Å². The second kappa shape index (κ2) is 8.67. The van der Waals surface area contributed by atoms with Crippen LogP contribution in [-0.4, -0.2) is 11.8 Å². The molecule has 3 nitrogen and oxygen atoms in total. The number of ketones is 1. The third-order valence-corrected chi connectivity index (χ3v) is 4.19. The molecule has 3 aromatic carbocycles. The Labute approximate surface area is 166 Å². The summed E-state index contributed by atoms with van der Waals surface area (Å²) in [5, 5.41) is 1.15. The van der Waals surface area contributed by atoms with Gasteiger partial charge in [0.2, 0.25) is 0 Å². The van der Waals surface area contributed by atoms with Gasteiger partial charge in [0.05, 0.1) is 5.56 Å². The molecule has 134 valence electrons. The topological polar surface area (TPSA) is 43.4 Å². The average Bonchev–Trinajstić information content (AvgIpc) is 2.67. The molecule has 0 amide bonds. The lowest BCUT2D eigenvalue weighted by atomic mass is 10.1. The van der Waals surface area contributed by atoms with Crippen LogP contribution in [0.5, 0.6) is 5.75 Å². The van der Waals surface area contributed by atoms with Crippen molar-refractivity contribution >= 4 is 41.0 Å². The van der Waals surface area contributed by atoms with Crippen LogP contribution in [0.4, 0.5) is 0 Å². The van der Waals surface area contributed by atoms with E-state index in [2.05, 4.69) is 0 Å². The standard InChI is InChI=1S/C22H14Cl2O3/c23-18-9-5-17(6-10-18)22(26)27-20-11-7-16(8-12-20)21(25)13-4-15-2-1-3-19(24)14-15/h1-14H. The number of ether oxygens (including phenoxy) is 1. The van der Waals surface area contributed by atoms with Crippen molar-refractivity contribution < 1.29 is 14.3 Å². The predicted octanol–water partition coefficient (Wildman–Crippen LogP) is 6.11. The number of benzene rings is 3. The molecule has 0 aliphatic rings. The van der Waals surface area contributed by atoms with E-state index in [9.17, 15) is 9.59 Å². The van der Waals surface area contributed by atoms with Crippen LogP contribution in [0.3, 0.4) is 0 Å². The number of halogens is 2. The maximum atomic E-state index is 12.2. The zero-order valence-corrected chi connectivity index (χ0v) is 15.6. The molecule has 0 heterocycles. The molecule has 0 aliphatic heterocycles. The number of rotatable bonds is 5. The maximum Gasteiger partial charge on any atom is 0.343 e. The van der Waals surface area contributed by atoms with Gasteiger partial charge in [-0.15, -0.1) is 0 Å². The summed E-state index contributed by atoms with van der Waals surface area (Å²) in [6.07, 6.45) is 3.17. The summed E-state index contributed by atoms with van der Waals surface area (Å²) in [6.45, 7) is 0. The van der Waals surface area contributed by atoms with Gasteiger partial charge in [0.1, 0.15) is 5.75 Å². The van der Waals surface area contributed by atoms with Gasteiger partial charge in [0, 0.05) is 15.6 Å². The largest absolute Gasteiger partial charge is 0.423 e. The zero-order chi connectivity index (χ0) is 19.2. The Balaban J connectivity index is 1.65. The minimum Gasteiger partial charge on any atom is -0.423 e. The molecule has 0 aliphatic carbocycles. The quantitative estimate of drug-likeness (QED) is 0.226. The first-order chi connectivity index (χ1) is 13.0. The molecule has 0 unspecified atom stereocenters. The van der Waals surface area contributed by atoms with E-state index in [-0.39, 0.29) is 5.78 Å². The summed E-state index contributed by atoms with van der Waals surface area (Å²) in [5.41, 5.74) is 1.72. The lowest BCUT2D eigenvalue weighted by Crippen LogP contribution is -2.08. The first-order valence-corrected chi connectivity index (χ1v) is 8.83. The molecule has 3 aromatic rings. The predicted molar refractivity (Wildman–Crippen MR) is 108 cm³/mol. The molecule has 0 N–H and O–H groups in total. The van der Waals surface area contributed by atoms with Crippen molar-refractivity contribution in [3.05, 3.63) is 106 Å². The van der Waals surface area contributed by atoms with Gasteiger partial charge in [0.25, 0.3) is 0 Å². The summed E-state index contributed by atoms with van der Waals surface area (Å²) < 4.78 is 5.29. The number of esters is 1. The third-order valence-electron chi connectivity index (χ3n) is 3.71. The van der Waals surface area contributed by atoms with Crippen LogP contribution in [-0.2, 0) is 0 Å². The Morgan fingerprint density at radius 1 is 0.778 bits per heavy atom. The minimum absolute atomic E-state index is 0.162. The first-order valence-electron chi connectivity index (χ1n) is 8.07. The van der Waals surface area contributed by atoms with Crippen LogP contribution in [0.2, 0.25) is 10.0 Å². The van der Waals surface area contributed by atoms with Crippen LogP contribution >= 0.6 is 23.2 Å². The highest BCUT2D eigenvalue weighted by molar-refractivity contribution is 6.31. The number of allylic oxidation sites excluding steroid dienone is 1. The lowest BCUT2D eigenvalue weighted by molar-refractivity contribution is 0.0734. The van der Waals surface area contributed by atoms with Crippen molar-refractivity contribution in [2.45, 2.75) is 0 Å². The highest BCUT2D eigenvalue weighted by atomic mass is 35.5. The van der Waals surface area contributed by atoms with Crippen LogP contribution in [0.15, 0.2) is 78.9 Å². The molecule has 0 spiro atoms. The molecule has 27 heavy (non-hydrogen) atoms. The molecule has 3 rings (SSSR count). The number of hydrogen-bond acceptors (Lipinski definition) is 3. The molecule has 0 saturated carbocycles. The van der Waals surface area contributed by atoms with Gasteiger partial charge >= 0.3 is 5.97 Å². The normalized spacial score (nSPS) is 10.7. The van der Waals surface area contributed by atoms with Gasteiger partial charge in [-0.25, -0.2) is 4.79 Å². The van der Waals surface area contributed by atoms with Crippen molar-refractivity contribution in [3.63, 3.8) is 0 Å². The second-order valence-electron chi connectivity index (χ2n) is 5.67. The summed E-state index contributed by atoms with van der Waals surface area (Å²) in [6, 6.07) is 20.0. The van der Waals surface area contributed by atoms with E-state index in [1.807, 2.05) is 12.1 Å².